The molecule has 3 aromatic rings. The van der Waals surface area contributed by atoms with Crippen molar-refractivity contribution < 1.29 is 4.74 Å². The Kier molecular flexibility index (Phi) is 2.71. The van der Waals surface area contributed by atoms with E-state index < -0.39 is 0 Å². The van der Waals surface area contributed by atoms with E-state index in [-0.39, 0.29) is 0 Å². The van der Waals surface area contributed by atoms with E-state index in [1.54, 1.807) is 6.33 Å². The van der Waals surface area contributed by atoms with Gasteiger partial charge in [0.15, 0.2) is 5.65 Å². The van der Waals surface area contributed by atoms with Gasteiger partial charge in [0.05, 0.1) is 6.33 Å². The number of nitrogens with zero attached hydrogens (tertiary/aromatic N) is 3. The molecule has 0 aliphatic rings. The first-order valence-corrected chi connectivity index (χ1v) is 6.11. The Bertz CT molecular complexity index is 710. The minimum atomic E-state index is 0.475. The van der Waals surface area contributed by atoms with Crippen LogP contribution in [0.4, 0.5) is 0 Å². The molecule has 0 spiro atoms. The summed E-state index contributed by atoms with van der Waals surface area (Å²) in [6, 6.07) is 5.80. The third-order valence-electron chi connectivity index (χ3n) is 2.53. The lowest BCUT2D eigenvalue weighted by atomic mass is 10.2. The zero-order valence-electron chi connectivity index (χ0n) is 9.51. The van der Waals surface area contributed by atoms with Crippen molar-refractivity contribution in [3.05, 3.63) is 40.9 Å². The van der Waals surface area contributed by atoms with Gasteiger partial charge in [0.1, 0.15) is 17.6 Å². The van der Waals surface area contributed by atoms with Crippen LogP contribution in [0.2, 0.25) is 0 Å². The van der Waals surface area contributed by atoms with Gasteiger partial charge >= 0.3 is 0 Å². The number of ether oxygens (including phenoxy) is 1. The van der Waals surface area contributed by atoms with Crippen molar-refractivity contribution in [3.63, 3.8) is 0 Å². The summed E-state index contributed by atoms with van der Waals surface area (Å²) in [6.45, 7) is 1.98. The highest BCUT2D eigenvalue weighted by Gasteiger charge is 2.09. The average molecular weight is 305 g/mol. The van der Waals surface area contributed by atoms with E-state index in [1.165, 1.54) is 6.33 Å². The SMILES string of the molecule is Cc1cc(Br)ccc1Oc1ncnc2nc[nH]c12. The molecular weight excluding hydrogens is 296 g/mol. The molecule has 0 aliphatic carbocycles. The quantitative estimate of drug-likeness (QED) is 0.789. The van der Waals surface area contributed by atoms with Crippen molar-refractivity contribution in [1.29, 1.82) is 0 Å². The topological polar surface area (TPSA) is 63.7 Å². The Balaban J connectivity index is 2.03. The third-order valence-corrected chi connectivity index (χ3v) is 3.03. The highest BCUT2D eigenvalue weighted by molar-refractivity contribution is 9.10. The van der Waals surface area contributed by atoms with Gasteiger partial charge < -0.3 is 9.72 Å². The second-order valence-electron chi connectivity index (χ2n) is 3.79. The molecule has 0 radical (unpaired) electrons. The molecule has 0 fully saturated rings. The summed E-state index contributed by atoms with van der Waals surface area (Å²) in [5.74, 6) is 1.23. The van der Waals surface area contributed by atoms with Crippen molar-refractivity contribution in [2.45, 2.75) is 6.92 Å². The summed E-state index contributed by atoms with van der Waals surface area (Å²) in [5, 5.41) is 0. The van der Waals surface area contributed by atoms with E-state index in [0.29, 0.717) is 17.0 Å². The first kappa shape index (κ1) is 11.2. The van der Waals surface area contributed by atoms with Crippen LogP contribution in [0.15, 0.2) is 35.3 Å². The van der Waals surface area contributed by atoms with Crippen LogP contribution in [0.1, 0.15) is 5.56 Å². The number of hydrogen-bond donors (Lipinski definition) is 1. The molecule has 3 rings (SSSR count). The molecule has 5 nitrogen and oxygen atoms in total. The average Bonchev–Trinajstić information content (AvgIpc) is 2.82. The van der Waals surface area contributed by atoms with E-state index in [2.05, 4.69) is 35.9 Å². The number of aromatic nitrogens is 4. The van der Waals surface area contributed by atoms with Gasteiger partial charge in [-0.2, -0.15) is 4.98 Å². The summed E-state index contributed by atoms with van der Waals surface area (Å²) in [7, 11) is 0. The van der Waals surface area contributed by atoms with Gasteiger partial charge in [-0.3, -0.25) is 0 Å². The standard InChI is InChI=1S/C12H9BrN4O/c1-7-4-8(13)2-3-9(7)18-12-10-11(15-5-14-10)16-6-17-12/h2-6H,1H3,(H,14,15,16,17). The van der Waals surface area contributed by atoms with Crippen molar-refractivity contribution in [3.8, 4) is 11.6 Å². The van der Waals surface area contributed by atoms with Gasteiger partial charge in [-0.15, -0.1) is 0 Å². The number of nitrogens with one attached hydrogen (secondary N) is 1. The van der Waals surface area contributed by atoms with Crippen LogP contribution in [-0.4, -0.2) is 19.9 Å². The molecule has 0 atom stereocenters. The number of aromatic amines is 1. The minimum Gasteiger partial charge on any atom is -0.437 e. The molecule has 2 aromatic heterocycles. The fourth-order valence-electron chi connectivity index (χ4n) is 1.65. The first-order chi connectivity index (χ1) is 8.74. The highest BCUT2D eigenvalue weighted by atomic mass is 79.9. The van der Waals surface area contributed by atoms with E-state index in [1.807, 2.05) is 25.1 Å². The van der Waals surface area contributed by atoms with Crippen LogP contribution in [-0.2, 0) is 0 Å². The van der Waals surface area contributed by atoms with Crippen LogP contribution >= 0.6 is 15.9 Å². The molecule has 1 N–H and O–H groups in total. The lowest BCUT2D eigenvalue weighted by Crippen LogP contribution is -1.92. The Morgan fingerprint density at radius 3 is 2.94 bits per heavy atom. The van der Waals surface area contributed by atoms with Gasteiger partial charge in [-0.05, 0) is 30.7 Å². The molecular formula is C12H9BrN4O. The maximum Gasteiger partial charge on any atom is 0.248 e. The van der Waals surface area contributed by atoms with Gasteiger partial charge in [0.2, 0.25) is 5.88 Å². The van der Waals surface area contributed by atoms with E-state index in [4.69, 9.17) is 4.74 Å². The van der Waals surface area contributed by atoms with Crippen LogP contribution in [0, 0.1) is 6.92 Å². The summed E-state index contributed by atoms with van der Waals surface area (Å²) < 4.78 is 6.81. The Morgan fingerprint density at radius 1 is 1.22 bits per heavy atom. The number of benzene rings is 1. The monoisotopic (exact) mass is 304 g/mol. The predicted octanol–water partition coefficient (Wildman–Crippen LogP) is 3.22. The van der Waals surface area contributed by atoms with Crippen LogP contribution in [0.25, 0.3) is 11.2 Å². The molecule has 0 amide bonds. The van der Waals surface area contributed by atoms with E-state index >= 15 is 0 Å². The van der Waals surface area contributed by atoms with E-state index in [9.17, 15) is 0 Å². The number of imidazole rings is 1. The Labute approximate surface area is 111 Å². The molecule has 6 heteroatoms. The zero-order chi connectivity index (χ0) is 12.5. The van der Waals surface area contributed by atoms with Gasteiger partial charge in [-0.1, -0.05) is 15.9 Å². The molecule has 1 aromatic carbocycles. The van der Waals surface area contributed by atoms with Crippen molar-refractivity contribution in [1.82, 2.24) is 19.9 Å². The van der Waals surface area contributed by atoms with Gasteiger partial charge in [0.25, 0.3) is 0 Å². The minimum absolute atomic E-state index is 0.475. The van der Waals surface area contributed by atoms with Crippen LogP contribution < -0.4 is 4.74 Å². The fraction of sp³-hybridized carbons (Fsp3) is 0.0833. The number of H-pyrrole nitrogens is 1. The smallest absolute Gasteiger partial charge is 0.248 e. The van der Waals surface area contributed by atoms with E-state index in [0.717, 1.165) is 15.8 Å². The molecule has 0 bridgehead atoms. The molecule has 0 unspecified atom stereocenters. The van der Waals surface area contributed by atoms with Gasteiger partial charge in [-0.25, -0.2) is 9.97 Å². The number of rotatable bonds is 2. The highest BCUT2D eigenvalue weighted by Crippen LogP contribution is 2.28. The maximum atomic E-state index is 5.79. The van der Waals surface area contributed by atoms with Crippen LogP contribution in [0.5, 0.6) is 11.6 Å². The third kappa shape index (κ3) is 1.95. The second-order valence-corrected chi connectivity index (χ2v) is 4.71. The summed E-state index contributed by atoms with van der Waals surface area (Å²) in [4.78, 5) is 15.2. The normalized spacial score (nSPS) is 10.8. The Morgan fingerprint density at radius 2 is 2.11 bits per heavy atom. The van der Waals surface area contributed by atoms with Crippen LogP contribution in [0.3, 0.4) is 0 Å². The van der Waals surface area contributed by atoms with Crippen molar-refractivity contribution in [2.75, 3.05) is 0 Å². The fourth-order valence-corrected chi connectivity index (χ4v) is 2.13. The molecule has 18 heavy (non-hydrogen) atoms. The first-order valence-electron chi connectivity index (χ1n) is 5.32. The zero-order valence-corrected chi connectivity index (χ0v) is 11.1. The second kappa shape index (κ2) is 4.38. The summed E-state index contributed by atoms with van der Waals surface area (Å²) in [6.07, 6.45) is 3.01. The van der Waals surface area contributed by atoms with Gasteiger partial charge in [0, 0.05) is 4.47 Å². The number of hydrogen-bond acceptors (Lipinski definition) is 4. The molecule has 0 aliphatic heterocycles. The number of fused-ring (bicyclic) bond motifs is 1. The lowest BCUT2D eigenvalue weighted by molar-refractivity contribution is 0.463. The largest absolute Gasteiger partial charge is 0.437 e. The molecule has 90 valence electrons. The van der Waals surface area contributed by atoms with Crippen molar-refractivity contribution >= 4 is 27.1 Å². The lowest BCUT2D eigenvalue weighted by Gasteiger charge is -2.08. The molecule has 0 saturated carbocycles. The predicted molar refractivity (Wildman–Crippen MR) is 70.6 cm³/mol. The summed E-state index contributed by atoms with van der Waals surface area (Å²) >= 11 is 3.42. The van der Waals surface area contributed by atoms with Crippen molar-refractivity contribution in [2.24, 2.45) is 0 Å². The number of halogens is 1. The molecule has 0 saturated heterocycles. The maximum absolute atomic E-state index is 5.79. The molecule has 2 heterocycles. The summed E-state index contributed by atoms with van der Waals surface area (Å²) in [5.41, 5.74) is 2.31. The Hall–Kier alpha value is -1.95. The number of aryl methyl sites for hydroxylation is 1.